The molecule has 2 aliphatic rings. The molecule has 12 nitrogen and oxygen atoms in total. The average molecular weight is 577 g/mol. The molecular weight excluding hydrogens is 552 g/mol. The number of hydrogen-bond donors (Lipinski definition) is 10. The summed E-state index contributed by atoms with van der Waals surface area (Å²) in [5.74, 6) is -4.67. The lowest BCUT2D eigenvalue weighted by Crippen LogP contribution is -2.31. The molecule has 0 aromatic heterocycles. The quantitative estimate of drug-likeness (QED) is 0.157. The minimum absolute atomic E-state index is 0.0555. The Balaban J connectivity index is 1.61. The number of fused-ring (bicyclic) bond motifs is 2. The Hall–Kier alpha value is -5.62. The monoisotopic (exact) mass is 576 g/mol. The first-order valence-corrected chi connectivity index (χ1v) is 12.6. The van der Waals surface area contributed by atoms with Crippen LogP contribution in [0, 0.1) is 0 Å². The molecule has 2 heterocycles. The van der Waals surface area contributed by atoms with E-state index in [1.54, 1.807) is 0 Å². The molecule has 0 radical (unpaired) electrons. The fourth-order valence-electron chi connectivity index (χ4n) is 5.33. The largest absolute Gasteiger partial charge is 0.508 e. The predicted molar refractivity (Wildman–Crippen MR) is 144 cm³/mol. The van der Waals surface area contributed by atoms with Gasteiger partial charge in [-0.2, -0.15) is 0 Å². The molecule has 0 fully saturated rings. The van der Waals surface area contributed by atoms with Gasteiger partial charge in [0.25, 0.3) is 0 Å². The molecule has 216 valence electrons. The number of hydrogen-bond acceptors (Lipinski definition) is 12. The van der Waals surface area contributed by atoms with Crippen molar-refractivity contribution in [2.75, 3.05) is 0 Å². The highest BCUT2D eigenvalue weighted by atomic mass is 16.5. The van der Waals surface area contributed by atoms with Crippen molar-refractivity contribution in [3.8, 4) is 57.5 Å². The maximum Gasteiger partial charge on any atom is 0.181 e. The van der Waals surface area contributed by atoms with Gasteiger partial charge < -0.3 is 60.5 Å². The lowest BCUT2D eigenvalue weighted by Gasteiger charge is -2.35. The number of rotatable bonds is 3. The van der Waals surface area contributed by atoms with Crippen molar-refractivity contribution in [3.63, 3.8) is 0 Å². The average Bonchev–Trinajstić information content (AvgIpc) is 2.93. The van der Waals surface area contributed by atoms with Gasteiger partial charge in [-0.3, -0.25) is 0 Å². The van der Waals surface area contributed by atoms with Gasteiger partial charge in [-0.25, -0.2) is 0 Å². The SMILES string of the molecule is OC1=C(c2c(O)cc(O)c3c2O[C@@H](c2ccc(O)c(O)c2)[C@H](O)C3)c2c(O)cc(O)cc2O[C@@H]1c1ccc(O)c(O)c1. The van der Waals surface area contributed by atoms with Crippen molar-refractivity contribution in [1.29, 1.82) is 0 Å². The second-order valence-electron chi connectivity index (χ2n) is 10.00. The Kier molecular flexibility index (Phi) is 6.01. The van der Waals surface area contributed by atoms with Crippen LogP contribution in [0.2, 0.25) is 0 Å². The highest BCUT2D eigenvalue weighted by Crippen LogP contribution is 2.56. The van der Waals surface area contributed by atoms with Crippen LogP contribution in [-0.4, -0.2) is 57.2 Å². The number of benzene rings is 4. The van der Waals surface area contributed by atoms with Gasteiger partial charge in [-0.1, -0.05) is 12.1 Å². The summed E-state index contributed by atoms with van der Waals surface area (Å²) in [4.78, 5) is 0. The molecule has 0 spiro atoms. The van der Waals surface area contributed by atoms with E-state index < -0.39 is 64.3 Å². The van der Waals surface area contributed by atoms with Crippen molar-refractivity contribution in [1.82, 2.24) is 0 Å². The van der Waals surface area contributed by atoms with E-state index in [0.29, 0.717) is 0 Å². The predicted octanol–water partition coefficient (Wildman–Crippen LogP) is 3.82. The Morgan fingerprint density at radius 3 is 1.86 bits per heavy atom. The molecule has 2 aliphatic heterocycles. The number of phenols is 8. The molecule has 10 N–H and O–H groups in total. The first-order chi connectivity index (χ1) is 19.9. The summed E-state index contributed by atoms with van der Waals surface area (Å²) in [6.07, 6.45) is -4.02. The summed E-state index contributed by atoms with van der Waals surface area (Å²) in [6.45, 7) is 0. The van der Waals surface area contributed by atoms with Gasteiger partial charge in [-0.15, -0.1) is 0 Å². The Bertz CT molecular complexity index is 1790. The molecule has 0 saturated heterocycles. The Morgan fingerprint density at radius 1 is 0.571 bits per heavy atom. The van der Waals surface area contributed by atoms with Crippen LogP contribution in [0.25, 0.3) is 5.57 Å². The molecule has 0 unspecified atom stereocenters. The highest BCUT2D eigenvalue weighted by Gasteiger charge is 2.40. The third-order valence-electron chi connectivity index (χ3n) is 7.29. The van der Waals surface area contributed by atoms with E-state index in [1.807, 2.05) is 0 Å². The molecule has 0 aliphatic carbocycles. The standard InChI is InChI=1S/C30H24O12/c31-13-7-20(37)24-23(8-13)41-29(12-2-4-16(33)19(36)6-12)27(40)26(24)25-21(38)10-17(34)14-9-22(39)28(42-30(14)25)11-1-3-15(32)18(35)5-11/h1-8,10,22,28-29,31-40H,9H2/t22-,28+,29-/m1/s1. The van der Waals surface area contributed by atoms with E-state index >= 15 is 0 Å². The van der Waals surface area contributed by atoms with Gasteiger partial charge in [-0.05, 0) is 29.8 Å². The third-order valence-corrected chi connectivity index (χ3v) is 7.29. The third kappa shape index (κ3) is 4.12. The highest BCUT2D eigenvalue weighted by molar-refractivity contribution is 5.94. The van der Waals surface area contributed by atoms with E-state index in [4.69, 9.17) is 9.47 Å². The van der Waals surface area contributed by atoms with Crippen LogP contribution in [0.4, 0.5) is 0 Å². The summed E-state index contributed by atoms with van der Waals surface area (Å²) in [5.41, 5.74) is -0.133. The van der Waals surface area contributed by atoms with E-state index in [0.717, 1.165) is 24.3 Å². The summed E-state index contributed by atoms with van der Waals surface area (Å²) < 4.78 is 12.0. The second-order valence-corrected chi connectivity index (χ2v) is 10.00. The molecule has 12 heteroatoms. The summed E-state index contributed by atoms with van der Waals surface area (Å²) in [5, 5.41) is 105. The number of aliphatic hydroxyl groups excluding tert-OH is 2. The number of ether oxygens (including phenoxy) is 2. The fourth-order valence-corrected chi connectivity index (χ4v) is 5.33. The van der Waals surface area contributed by atoms with Gasteiger partial charge in [0.15, 0.2) is 29.1 Å². The zero-order chi connectivity index (χ0) is 30.0. The van der Waals surface area contributed by atoms with Gasteiger partial charge in [0.2, 0.25) is 0 Å². The normalized spacial score (nSPS) is 19.4. The van der Waals surface area contributed by atoms with Crippen molar-refractivity contribution < 1.29 is 60.5 Å². The van der Waals surface area contributed by atoms with Crippen LogP contribution in [-0.2, 0) is 6.42 Å². The summed E-state index contributed by atoms with van der Waals surface area (Å²) in [7, 11) is 0. The topological polar surface area (TPSA) is 221 Å². The summed E-state index contributed by atoms with van der Waals surface area (Å²) in [6, 6.07) is 10.6. The van der Waals surface area contributed by atoms with Crippen LogP contribution in [0.3, 0.4) is 0 Å². The van der Waals surface area contributed by atoms with Crippen molar-refractivity contribution in [2.45, 2.75) is 24.7 Å². The van der Waals surface area contributed by atoms with E-state index in [-0.39, 0.29) is 57.1 Å². The molecule has 42 heavy (non-hydrogen) atoms. The Morgan fingerprint density at radius 2 is 1.19 bits per heavy atom. The van der Waals surface area contributed by atoms with E-state index in [1.165, 1.54) is 30.3 Å². The van der Waals surface area contributed by atoms with Crippen molar-refractivity contribution >= 4 is 5.57 Å². The molecule has 0 amide bonds. The first kappa shape index (κ1) is 26.6. The van der Waals surface area contributed by atoms with E-state index in [9.17, 15) is 51.1 Å². The van der Waals surface area contributed by atoms with Gasteiger partial charge in [0.1, 0.15) is 46.4 Å². The summed E-state index contributed by atoms with van der Waals surface area (Å²) >= 11 is 0. The zero-order valence-electron chi connectivity index (χ0n) is 21.4. The van der Waals surface area contributed by atoms with Crippen LogP contribution in [0.5, 0.6) is 57.5 Å². The van der Waals surface area contributed by atoms with Crippen LogP contribution in [0.15, 0.2) is 60.4 Å². The second kappa shape index (κ2) is 9.49. The zero-order valence-corrected chi connectivity index (χ0v) is 21.4. The van der Waals surface area contributed by atoms with E-state index in [2.05, 4.69) is 0 Å². The maximum absolute atomic E-state index is 11.6. The van der Waals surface area contributed by atoms with Crippen LogP contribution < -0.4 is 9.47 Å². The van der Waals surface area contributed by atoms with Crippen LogP contribution in [0.1, 0.15) is 40.0 Å². The lowest BCUT2D eigenvalue weighted by atomic mass is 9.85. The van der Waals surface area contributed by atoms with Crippen molar-refractivity contribution in [2.24, 2.45) is 0 Å². The molecule has 0 saturated carbocycles. The first-order valence-electron chi connectivity index (χ1n) is 12.6. The van der Waals surface area contributed by atoms with Gasteiger partial charge in [0.05, 0.1) is 17.2 Å². The van der Waals surface area contributed by atoms with Gasteiger partial charge >= 0.3 is 0 Å². The molecular formula is C30H24O12. The smallest absolute Gasteiger partial charge is 0.181 e. The molecule has 4 aromatic rings. The molecule has 3 atom stereocenters. The number of phenolic OH excluding ortho intramolecular Hbond substituents is 8. The minimum atomic E-state index is -1.39. The van der Waals surface area contributed by atoms with Gasteiger partial charge in [0, 0.05) is 41.3 Å². The number of aliphatic hydroxyl groups is 2. The fraction of sp³-hybridized carbons (Fsp3) is 0.133. The molecule has 4 aromatic carbocycles. The number of aromatic hydroxyl groups is 8. The minimum Gasteiger partial charge on any atom is -0.508 e. The Labute approximate surface area is 236 Å². The lowest BCUT2D eigenvalue weighted by molar-refractivity contribution is 0.0194. The van der Waals surface area contributed by atoms with Crippen LogP contribution >= 0.6 is 0 Å². The molecule has 6 rings (SSSR count). The maximum atomic E-state index is 11.6. The van der Waals surface area contributed by atoms with Crippen molar-refractivity contribution in [3.05, 3.63) is 88.2 Å². The molecule has 0 bridgehead atoms.